The maximum Gasteiger partial charge on any atom is 0.306 e. The molecular formula is C55H105NO5. The van der Waals surface area contributed by atoms with Crippen LogP contribution in [0.5, 0.6) is 0 Å². The molecule has 0 rings (SSSR count). The highest BCUT2D eigenvalue weighted by Gasteiger charge is 2.24. The molecule has 3 unspecified atom stereocenters. The summed E-state index contributed by atoms with van der Waals surface area (Å²) in [6, 6.07) is -0.699. The first-order valence-corrected chi connectivity index (χ1v) is 27.1. The monoisotopic (exact) mass is 860 g/mol. The summed E-state index contributed by atoms with van der Waals surface area (Å²) >= 11 is 0. The van der Waals surface area contributed by atoms with Gasteiger partial charge in [-0.05, 0) is 51.4 Å². The summed E-state index contributed by atoms with van der Waals surface area (Å²) in [6.07, 6.45) is 56.6. The molecule has 0 aromatic carbocycles. The molecule has 0 aliphatic heterocycles. The van der Waals surface area contributed by atoms with Crippen LogP contribution in [-0.4, -0.2) is 46.9 Å². The third kappa shape index (κ3) is 44.7. The summed E-state index contributed by atoms with van der Waals surface area (Å²) in [4.78, 5) is 26.2. The summed E-state index contributed by atoms with van der Waals surface area (Å²) in [5.41, 5.74) is 0. The molecule has 0 bridgehead atoms. The number of nitrogens with one attached hydrogen (secondary N) is 1. The van der Waals surface area contributed by atoms with E-state index in [0.717, 1.165) is 51.4 Å². The first kappa shape index (κ1) is 59.3. The van der Waals surface area contributed by atoms with Crippen molar-refractivity contribution in [3.8, 4) is 0 Å². The Balaban J connectivity index is 4.56. The number of hydrogen-bond acceptors (Lipinski definition) is 5. The molecule has 0 aliphatic rings. The predicted molar refractivity (Wildman–Crippen MR) is 264 cm³/mol. The fourth-order valence-electron chi connectivity index (χ4n) is 8.42. The van der Waals surface area contributed by atoms with Gasteiger partial charge in [-0.1, -0.05) is 251 Å². The number of allylic oxidation sites excluding steroid dienone is 4. The molecule has 0 radical (unpaired) electrons. The summed E-state index contributed by atoms with van der Waals surface area (Å²) in [5, 5.41) is 23.8. The number of carbonyl (C=O) groups is 2. The van der Waals surface area contributed by atoms with Crippen LogP contribution in [0.2, 0.25) is 0 Å². The molecule has 0 heterocycles. The molecule has 0 spiro atoms. The van der Waals surface area contributed by atoms with Crippen molar-refractivity contribution in [1.29, 1.82) is 0 Å². The minimum atomic E-state index is -0.785. The molecule has 3 N–H and O–H groups in total. The number of esters is 1. The minimum absolute atomic E-state index is 0.0786. The average molecular weight is 860 g/mol. The second-order valence-corrected chi connectivity index (χ2v) is 18.7. The summed E-state index contributed by atoms with van der Waals surface area (Å²) in [5.74, 6) is -0.471. The van der Waals surface area contributed by atoms with Gasteiger partial charge in [0.2, 0.25) is 5.91 Å². The molecular weight excluding hydrogens is 755 g/mol. The number of rotatable bonds is 49. The molecule has 0 saturated heterocycles. The van der Waals surface area contributed by atoms with E-state index in [1.54, 1.807) is 0 Å². The van der Waals surface area contributed by atoms with Crippen molar-refractivity contribution in [1.82, 2.24) is 5.32 Å². The van der Waals surface area contributed by atoms with E-state index in [2.05, 4.69) is 50.4 Å². The molecule has 0 aromatic heterocycles. The lowest BCUT2D eigenvalue weighted by Crippen LogP contribution is -2.46. The Bertz CT molecular complexity index is 966. The van der Waals surface area contributed by atoms with Crippen LogP contribution in [0.4, 0.5) is 0 Å². The van der Waals surface area contributed by atoms with E-state index in [0.29, 0.717) is 19.3 Å². The summed E-state index contributed by atoms with van der Waals surface area (Å²) in [6.45, 7) is 6.48. The SMILES string of the molecule is CCCCC/C=C/C=C/CCCCCCCCC(=O)OC(CCCCCCCCCCCCCCCCC)CC(=O)NC(CO)C(O)CCCCCCCCCCCCCC. The number of carbonyl (C=O) groups excluding carboxylic acids is 2. The number of ether oxygens (including phenoxy) is 1. The van der Waals surface area contributed by atoms with Gasteiger partial charge < -0.3 is 20.3 Å². The quantitative estimate of drug-likeness (QED) is 0.0322. The standard InChI is InChI=1S/C55H105NO5/c1-4-7-10-13-16-19-22-25-27-29-31-34-37-40-43-46-51(61-55(60)48-45-42-39-36-33-30-28-26-23-20-17-14-11-8-5-2)49-54(59)56-52(50-57)53(58)47-44-41-38-35-32-24-21-18-15-12-9-6-3/h17,20,23,26,51-53,57-58H,4-16,18-19,21-22,24-25,27-50H2,1-3H3,(H,56,59)/b20-17+,26-23+. The van der Waals surface area contributed by atoms with Crippen LogP contribution in [0, 0.1) is 0 Å². The average Bonchev–Trinajstić information content (AvgIpc) is 3.25. The second-order valence-electron chi connectivity index (χ2n) is 18.7. The Labute approximate surface area is 380 Å². The van der Waals surface area contributed by atoms with Crippen molar-refractivity contribution in [2.24, 2.45) is 0 Å². The topological polar surface area (TPSA) is 95.9 Å². The van der Waals surface area contributed by atoms with Gasteiger partial charge in [0, 0.05) is 6.42 Å². The van der Waals surface area contributed by atoms with Gasteiger partial charge in [0.25, 0.3) is 0 Å². The Morgan fingerprint density at radius 1 is 0.475 bits per heavy atom. The second kappa shape index (κ2) is 49.4. The van der Waals surface area contributed by atoms with Crippen LogP contribution in [0.3, 0.4) is 0 Å². The predicted octanol–water partition coefficient (Wildman–Crippen LogP) is 16.3. The van der Waals surface area contributed by atoms with Crippen LogP contribution >= 0.6 is 0 Å². The third-order valence-electron chi connectivity index (χ3n) is 12.6. The van der Waals surface area contributed by atoms with E-state index in [9.17, 15) is 19.8 Å². The molecule has 0 aromatic rings. The first-order valence-electron chi connectivity index (χ1n) is 27.1. The number of amides is 1. The lowest BCUT2D eigenvalue weighted by molar-refractivity contribution is -0.151. The molecule has 61 heavy (non-hydrogen) atoms. The van der Waals surface area contributed by atoms with Crippen molar-refractivity contribution in [2.45, 2.75) is 309 Å². The molecule has 6 heteroatoms. The van der Waals surface area contributed by atoms with E-state index in [-0.39, 0.29) is 24.9 Å². The fourth-order valence-corrected chi connectivity index (χ4v) is 8.42. The van der Waals surface area contributed by atoms with Crippen molar-refractivity contribution in [3.63, 3.8) is 0 Å². The van der Waals surface area contributed by atoms with Crippen LogP contribution in [-0.2, 0) is 14.3 Å². The Hall–Kier alpha value is -1.66. The highest BCUT2D eigenvalue weighted by Crippen LogP contribution is 2.19. The maximum absolute atomic E-state index is 13.2. The molecule has 3 atom stereocenters. The van der Waals surface area contributed by atoms with Gasteiger partial charge in [-0.25, -0.2) is 0 Å². The van der Waals surface area contributed by atoms with Gasteiger partial charge in [0.05, 0.1) is 25.2 Å². The number of aliphatic hydroxyl groups excluding tert-OH is 2. The Morgan fingerprint density at radius 3 is 1.25 bits per heavy atom. The van der Waals surface area contributed by atoms with Crippen LogP contribution < -0.4 is 5.32 Å². The van der Waals surface area contributed by atoms with Gasteiger partial charge in [0.1, 0.15) is 6.10 Å². The smallest absolute Gasteiger partial charge is 0.306 e. The Morgan fingerprint density at radius 2 is 0.820 bits per heavy atom. The maximum atomic E-state index is 13.2. The molecule has 360 valence electrons. The van der Waals surface area contributed by atoms with Crippen molar-refractivity contribution in [3.05, 3.63) is 24.3 Å². The van der Waals surface area contributed by atoms with Gasteiger partial charge >= 0.3 is 5.97 Å². The molecule has 6 nitrogen and oxygen atoms in total. The summed E-state index contributed by atoms with van der Waals surface area (Å²) in [7, 11) is 0. The highest BCUT2D eigenvalue weighted by molar-refractivity contribution is 5.77. The third-order valence-corrected chi connectivity index (χ3v) is 12.6. The zero-order valence-electron chi connectivity index (χ0n) is 41.1. The van der Waals surface area contributed by atoms with Gasteiger partial charge in [0.15, 0.2) is 0 Å². The number of unbranched alkanes of at least 4 members (excludes halogenated alkanes) is 34. The van der Waals surface area contributed by atoms with Crippen molar-refractivity contribution >= 4 is 11.9 Å². The molecule has 1 amide bonds. The lowest BCUT2D eigenvalue weighted by Gasteiger charge is -2.24. The van der Waals surface area contributed by atoms with E-state index in [1.165, 1.54) is 193 Å². The van der Waals surface area contributed by atoms with Crippen molar-refractivity contribution < 1.29 is 24.5 Å². The molecule has 0 fully saturated rings. The van der Waals surface area contributed by atoms with Crippen molar-refractivity contribution in [2.75, 3.05) is 6.61 Å². The number of aliphatic hydroxyl groups is 2. The van der Waals surface area contributed by atoms with E-state index in [1.807, 2.05) is 0 Å². The lowest BCUT2D eigenvalue weighted by atomic mass is 10.0. The first-order chi connectivity index (χ1) is 30.0. The van der Waals surface area contributed by atoms with Crippen LogP contribution in [0.25, 0.3) is 0 Å². The highest BCUT2D eigenvalue weighted by atomic mass is 16.5. The molecule has 0 aliphatic carbocycles. The minimum Gasteiger partial charge on any atom is -0.462 e. The van der Waals surface area contributed by atoms with Crippen LogP contribution in [0.1, 0.15) is 290 Å². The van der Waals surface area contributed by atoms with Crippen LogP contribution in [0.15, 0.2) is 24.3 Å². The van der Waals surface area contributed by atoms with E-state index >= 15 is 0 Å². The van der Waals surface area contributed by atoms with E-state index in [4.69, 9.17) is 4.74 Å². The fraction of sp³-hybridized carbons (Fsp3) is 0.891. The van der Waals surface area contributed by atoms with Gasteiger partial charge in [-0.3, -0.25) is 9.59 Å². The van der Waals surface area contributed by atoms with Gasteiger partial charge in [-0.15, -0.1) is 0 Å². The summed E-state index contributed by atoms with van der Waals surface area (Å²) < 4.78 is 5.95. The van der Waals surface area contributed by atoms with E-state index < -0.39 is 18.2 Å². The number of hydrogen-bond donors (Lipinski definition) is 3. The largest absolute Gasteiger partial charge is 0.462 e. The van der Waals surface area contributed by atoms with Gasteiger partial charge in [-0.2, -0.15) is 0 Å². The zero-order valence-corrected chi connectivity index (χ0v) is 41.1. The molecule has 0 saturated carbocycles. The zero-order chi connectivity index (χ0) is 44.5. The Kier molecular flexibility index (Phi) is 48.0. The normalized spacial score (nSPS) is 13.3.